The zero-order valence-corrected chi connectivity index (χ0v) is 15.4. The van der Waals surface area contributed by atoms with Crippen molar-refractivity contribution in [2.24, 2.45) is 5.92 Å². The summed E-state index contributed by atoms with van der Waals surface area (Å²) in [6.07, 6.45) is 2.39. The molecule has 144 valence electrons. The first-order chi connectivity index (χ1) is 13.1. The van der Waals surface area contributed by atoms with Gasteiger partial charge < -0.3 is 25.2 Å². The van der Waals surface area contributed by atoms with Gasteiger partial charge in [-0.05, 0) is 24.6 Å². The van der Waals surface area contributed by atoms with Crippen molar-refractivity contribution in [2.75, 3.05) is 50.7 Å². The van der Waals surface area contributed by atoms with Crippen molar-refractivity contribution in [3.8, 4) is 5.75 Å². The number of aliphatic hydroxyl groups is 1. The molecule has 1 atom stereocenters. The molecular weight excluding hydrogens is 346 g/mol. The minimum absolute atomic E-state index is 0.177. The lowest BCUT2D eigenvalue weighted by Gasteiger charge is -2.18. The van der Waals surface area contributed by atoms with Crippen LogP contribution < -0.4 is 15.4 Å². The average molecular weight is 371 g/mol. The minimum Gasteiger partial charge on any atom is -0.491 e. The monoisotopic (exact) mass is 371 g/mol. The number of rotatable bonds is 8. The molecule has 0 radical (unpaired) electrons. The van der Waals surface area contributed by atoms with Gasteiger partial charge in [-0.2, -0.15) is 0 Å². The molecule has 0 amide bonds. The first-order valence-electron chi connectivity index (χ1n) is 8.90. The van der Waals surface area contributed by atoms with E-state index in [1.165, 1.54) is 6.33 Å². The molecule has 8 heteroatoms. The quantitative estimate of drug-likeness (QED) is 0.364. The topological polar surface area (TPSA) is 118 Å². The van der Waals surface area contributed by atoms with E-state index in [9.17, 15) is 5.11 Å². The summed E-state index contributed by atoms with van der Waals surface area (Å²) in [5.41, 5.74) is 7.83. The molecule has 0 unspecified atom stereocenters. The molecule has 3 rings (SSSR count). The summed E-state index contributed by atoms with van der Waals surface area (Å²) >= 11 is 0. The summed E-state index contributed by atoms with van der Waals surface area (Å²) in [7, 11) is 1.61. The van der Waals surface area contributed by atoms with Gasteiger partial charge in [-0.25, -0.2) is 9.97 Å². The number of nitrogens with two attached hydrogens (primary N) is 1. The second-order valence-corrected chi connectivity index (χ2v) is 6.51. The Morgan fingerprint density at radius 2 is 2.19 bits per heavy atom. The molecular formula is C19H25N5O3. The number of aromatic nitrogens is 2. The number of nitrogens with one attached hydrogen (secondary N) is 1. The van der Waals surface area contributed by atoms with Crippen molar-refractivity contribution in [3.05, 3.63) is 41.9 Å². The third-order valence-electron chi connectivity index (χ3n) is 4.63. The molecule has 1 aliphatic heterocycles. The van der Waals surface area contributed by atoms with E-state index < -0.39 is 0 Å². The van der Waals surface area contributed by atoms with Crippen molar-refractivity contribution >= 4 is 17.2 Å². The van der Waals surface area contributed by atoms with E-state index in [0.29, 0.717) is 35.9 Å². The van der Waals surface area contributed by atoms with Crippen molar-refractivity contribution in [1.29, 1.82) is 5.41 Å². The van der Waals surface area contributed by atoms with Gasteiger partial charge in [-0.3, -0.25) is 5.41 Å². The molecule has 0 aliphatic carbocycles. The Balaban J connectivity index is 1.79. The fraction of sp³-hybridized carbons (Fsp3) is 0.421. The van der Waals surface area contributed by atoms with Gasteiger partial charge in [-0.1, -0.05) is 0 Å². The normalized spacial score (nSPS) is 16.5. The van der Waals surface area contributed by atoms with Crippen LogP contribution in [0.3, 0.4) is 0 Å². The molecule has 8 nitrogen and oxygen atoms in total. The van der Waals surface area contributed by atoms with Gasteiger partial charge in [-0.15, -0.1) is 0 Å². The molecule has 0 saturated carbocycles. The fourth-order valence-electron chi connectivity index (χ4n) is 3.07. The van der Waals surface area contributed by atoms with Gasteiger partial charge in [0, 0.05) is 50.0 Å². The second kappa shape index (κ2) is 8.79. The third-order valence-corrected chi connectivity index (χ3v) is 4.63. The Hall–Kier alpha value is -2.71. The molecule has 1 aromatic carbocycles. The minimum atomic E-state index is 0.177. The smallest absolute Gasteiger partial charge is 0.132 e. The zero-order valence-electron chi connectivity index (χ0n) is 15.4. The number of anilines is 2. The van der Waals surface area contributed by atoms with Gasteiger partial charge in [0.05, 0.1) is 18.0 Å². The molecule has 2 aromatic rings. The highest BCUT2D eigenvalue weighted by Crippen LogP contribution is 2.25. The van der Waals surface area contributed by atoms with Crippen LogP contribution >= 0.6 is 0 Å². The number of nitrogens with zero attached hydrogens (tertiary/aromatic N) is 3. The van der Waals surface area contributed by atoms with Crippen LogP contribution in [0.4, 0.5) is 11.5 Å². The van der Waals surface area contributed by atoms with Crippen molar-refractivity contribution in [3.63, 3.8) is 0 Å². The van der Waals surface area contributed by atoms with Gasteiger partial charge in [0.1, 0.15) is 24.5 Å². The lowest BCUT2D eigenvalue weighted by atomic mass is 10.0. The highest BCUT2D eigenvalue weighted by Gasteiger charge is 2.23. The van der Waals surface area contributed by atoms with E-state index in [-0.39, 0.29) is 18.2 Å². The summed E-state index contributed by atoms with van der Waals surface area (Å²) in [5, 5.41) is 17.9. The largest absolute Gasteiger partial charge is 0.491 e. The lowest BCUT2D eigenvalue weighted by Crippen LogP contribution is -2.22. The number of hydrogen-bond acceptors (Lipinski definition) is 8. The molecule has 0 spiro atoms. The summed E-state index contributed by atoms with van der Waals surface area (Å²) in [6, 6.07) is 7.03. The van der Waals surface area contributed by atoms with E-state index >= 15 is 0 Å². The fourth-order valence-corrected chi connectivity index (χ4v) is 3.07. The van der Waals surface area contributed by atoms with E-state index in [2.05, 4.69) is 14.9 Å². The van der Waals surface area contributed by atoms with Gasteiger partial charge in [0.25, 0.3) is 0 Å². The van der Waals surface area contributed by atoms with Crippen LogP contribution in [0.5, 0.6) is 5.75 Å². The van der Waals surface area contributed by atoms with Crippen LogP contribution in [-0.2, 0) is 4.74 Å². The van der Waals surface area contributed by atoms with Crippen LogP contribution in [-0.4, -0.2) is 60.8 Å². The number of nitrogen functional groups attached to an aromatic ring is 1. The maximum Gasteiger partial charge on any atom is 0.132 e. The predicted octanol–water partition coefficient (Wildman–Crippen LogP) is 1.32. The van der Waals surface area contributed by atoms with Gasteiger partial charge in [0.15, 0.2) is 0 Å². The summed E-state index contributed by atoms with van der Waals surface area (Å²) in [6.45, 7) is 2.67. The van der Waals surface area contributed by atoms with Crippen LogP contribution in [0.25, 0.3) is 0 Å². The Bertz CT molecular complexity index is 799. The molecule has 1 aliphatic rings. The molecule has 4 N–H and O–H groups in total. The highest BCUT2D eigenvalue weighted by molar-refractivity contribution is 6.13. The van der Waals surface area contributed by atoms with Crippen molar-refractivity contribution in [2.45, 2.75) is 6.42 Å². The second-order valence-electron chi connectivity index (χ2n) is 6.51. The van der Waals surface area contributed by atoms with Crippen LogP contribution in [0, 0.1) is 11.3 Å². The molecule has 0 bridgehead atoms. The average Bonchev–Trinajstić information content (AvgIpc) is 3.18. The van der Waals surface area contributed by atoms with Gasteiger partial charge in [0.2, 0.25) is 0 Å². The Kier molecular flexibility index (Phi) is 6.20. The molecule has 27 heavy (non-hydrogen) atoms. The Labute approximate surface area is 158 Å². The standard InChI is InChI=1S/C19H25N5O3/c1-26-6-7-27-14-2-3-16(20)15(8-14)19(21)17-9-18(23-12-22-17)24-5-4-13(10-24)11-25/h2-3,8-9,12-13,21,25H,4-7,10-11,20H2,1H3/t13-/m0/s1. The van der Waals surface area contributed by atoms with Crippen molar-refractivity contribution in [1.82, 2.24) is 9.97 Å². The van der Waals surface area contributed by atoms with Crippen molar-refractivity contribution < 1.29 is 14.6 Å². The van der Waals surface area contributed by atoms with Gasteiger partial charge >= 0.3 is 0 Å². The van der Waals surface area contributed by atoms with E-state index in [0.717, 1.165) is 25.3 Å². The predicted molar refractivity (Wildman–Crippen MR) is 104 cm³/mol. The highest BCUT2D eigenvalue weighted by atomic mass is 16.5. The number of hydrogen-bond donors (Lipinski definition) is 3. The number of ether oxygens (including phenoxy) is 2. The van der Waals surface area contributed by atoms with E-state index in [1.54, 1.807) is 31.4 Å². The summed E-state index contributed by atoms with van der Waals surface area (Å²) < 4.78 is 10.6. The van der Waals surface area contributed by atoms with Crippen LogP contribution in [0.2, 0.25) is 0 Å². The summed E-state index contributed by atoms with van der Waals surface area (Å²) in [5.74, 6) is 1.65. The Morgan fingerprint density at radius 3 is 2.93 bits per heavy atom. The first-order valence-corrected chi connectivity index (χ1v) is 8.90. The zero-order chi connectivity index (χ0) is 19.2. The third kappa shape index (κ3) is 4.53. The number of benzene rings is 1. The summed E-state index contributed by atoms with van der Waals surface area (Å²) in [4.78, 5) is 10.7. The maximum atomic E-state index is 9.33. The van der Waals surface area contributed by atoms with E-state index in [1.807, 2.05) is 0 Å². The van der Waals surface area contributed by atoms with Crippen LogP contribution in [0.15, 0.2) is 30.6 Å². The molecule has 2 heterocycles. The molecule has 1 saturated heterocycles. The first kappa shape index (κ1) is 19.1. The molecule has 1 fully saturated rings. The number of aliphatic hydroxyl groups excluding tert-OH is 1. The number of methoxy groups -OCH3 is 1. The Morgan fingerprint density at radius 1 is 1.33 bits per heavy atom. The lowest BCUT2D eigenvalue weighted by molar-refractivity contribution is 0.146. The van der Waals surface area contributed by atoms with E-state index in [4.69, 9.17) is 20.6 Å². The van der Waals surface area contributed by atoms with Crippen LogP contribution in [0.1, 0.15) is 17.7 Å². The SMILES string of the molecule is COCCOc1ccc(N)c(C(=N)c2cc(N3CC[C@H](CO)C3)ncn2)c1. The molecule has 1 aromatic heterocycles. The maximum absolute atomic E-state index is 9.33.